The van der Waals surface area contributed by atoms with Crippen molar-refractivity contribution in [1.29, 1.82) is 0 Å². The first kappa shape index (κ1) is 26.7. The van der Waals surface area contributed by atoms with Crippen LogP contribution < -0.4 is 0 Å². The zero-order valence-corrected chi connectivity index (χ0v) is 19.5. The second-order valence-electron chi connectivity index (χ2n) is 7.73. The predicted octanol–water partition coefficient (Wildman–Crippen LogP) is 8.79. The number of aliphatic hydroxyl groups excluding tert-OH is 1. The topological polar surface area (TPSA) is 20.2 Å². The zero-order valence-electron chi connectivity index (χ0n) is 17.8. The molecule has 0 unspecified atom stereocenters. The summed E-state index contributed by atoms with van der Waals surface area (Å²) in [4.78, 5) is 0. The van der Waals surface area contributed by atoms with Crippen molar-refractivity contribution in [1.82, 2.24) is 0 Å². The fourth-order valence-electron chi connectivity index (χ4n) is 3.30. The van der Waals surface area contributed by atoms with Crippen LogP contribution in [0.4, 0.5) is 0 Å². The van der Waals surface area contributed by atoms with E-state index < -0.39 is 0 Å². The first-order valence-electron chi connectivity index (χ1n) is 11.8. The summed E-state index contributed by atoms with van der Waals surface area (Å²) in [6, 6.07) is 0. The van der Waals surface area contributed by atoms with E-state index in [1.165, 1.54) is 121 Å². The quantitative estimate of drug-likeness (QED) is 0.136. The Kier molecular flexibility index (Phi) is 26.3. The third-order valence-electron chi connectivity index (χ3n) is 5.05. The molecule has 0 aromatic heterocycles. The van der Waals surface area contributed by atoms with Gasteiger partial charge in [-0.15, -0.1) is 0 Å². The van der Waals surface area contributed by atoms with E-state index in [4.69, 9.17) is 5.11 Å². The Morgan fingerprint density at radius 3 is 1.08 bits per heavy atom. The van der Waals surface area contributed by atoms with Crippen molar-refractivity contribution in [3.8, 4) is 0 Å². The molecule has 0 fully saturated rings. The van der Waals surface area contributed by atoms with Gasteiger partial charge < -0.3 is 5.11 Å². The average Bonchev–Trinajstić information content (AvgIpc) is 2.66. The van der Waals surface area contributed by atoms with Crippen molar-refractivity contribution in [2.45, 2.75) is 129 Å². The third-order valence-corrected chi connectivity index (χ3v) is 7.63. The highest BCUT2D eigenvalue weighted by molar-refractivity contribution is 8.76. The Morgan fingerprint density at radius 1 is 0.423 bits per heavy atom. The Hall–Kier alpha value is 0.660. The van der Waals surface area contributed by atoms with Crippen LogP contribution in [0.5, 0.6) is 0 Å². The van der Waals surface area contributed by atoms with Crippen LogP contribution in [0.15, 0.2) is 0 Å². The number of rotatable bonds is 23. The molecule has 0 atom stereocenters. The van der Waals surface area contributed by atoms with Crippen molar-refractivity contribution >= 4 is 21.6 Å². The van der Waals surface area contributed by atoms with Gasteiger partial charge in [0.2, 0.25) is 0 Å². The normalized spacial score (nSPS) is 11.3. The van der Waals surface area contributed by atoms with E-state index in [9.17, 15) is 0 Å². The molecule has 0 bridgehead atoms. The molecule has 0 saturated carbocycles. The molecule has 0 amide bonds. The fraction of sp³-hybridized carbons (Fsp3) is 1.00. The van der Waals surface area contributed by atoms with Crippen molar-refractivity contribution < 1.29 is 5.11 Å². The molecule has 0 rings (SSSR count). The average molecular weight is 405 g/mol. The number of hydrogen-bond acceptors (Lipinski definition) is 3. The van der Waals surface area contributed by atoms with E-state index in [0.29, 0.717) is 6.61 Å². The number of unbranched alkanes of at least 4 members (excludes halogenated alkanes) is 17. The first-order chi connectivity index (χ1) is 12.9. The van der Waals surface area contributed by atoms with Crippen molar-refractivity contribution in [2.24, 2.45) is 0 Å². The minimum atomic E-state index is 0.340. The number of hydrogen-bond donors (Lipinski definition) is 1. The zero-order chi connectivity index (χ0) is 19.0. The molecule has 0 spiro atoms. The monoisotopic (exact) mass is 404 g/mol. The molecule has 1 N–H and O–H groups in total. The summed E-state index contributed by atoms with van der Waals surface area (Å²) in [7, 11) is 3.91. The second kappa shape index (κ2) is 25.7. The highest BCUT2D eigenvalue weighted by Gasteiger charge is 1.95. The van der Waals surface area contributed by atoms with Crippen LogP contribution in [0.2, 0.25) is 0 Å². The van der Waals surface area contributed by atoms with Crippen molar-refractivity contribution in [3.05, 3.63) is 0 Å². The predicted molar refractivity (Wildman–Crippen MR) is 125 cm³/mol. The molecule has 0 aliphatic rings. The molecule has 0 heterocycles. The summed E-state index contributed by atoms with van der Waals surface area (Å²) in [5, 5.41) is 8.71. The molecule has 3 heteroatoms. The first-order valence-corrected chi connectivity index (χ1v) is 14.3. The molecule has 0 aromatic carbocycles. The highest BCUT2D eigenvalue weighted by atomic mass is 33.1. The van der Waals surface area contributed by atoms with Crippen molar-refractivity contribution in [3.63, 3.8) is 0 Å². The van der Waals surface area contributed by atoms with E-state index in [-0.39, 0.29) is 0 Å². The van der Waals surface area contributed by atoms with Gasteiger partial charge in [0.15, 0.2) is 0 Å². The molecule has 0 radical (unpaired) electrons. The van der Waals surface area contributed by atoms with Gasteiger partial charge in [-0.25, -0.2) is 0 Å². The maximum Gasteiger partial charge on any atom is 0.0439 e. The number of aliphatic hydroxyl groups is 1. The lowest BCUT2D eigenvalue weighted by Gasteiger charge is -2.04. The minimum absolute atomic E-state index is 0.340. The maximum atomic E-state index is 8.71. The van der Waals surface area contributed by atoms with Crippen LogP contribution in [-0.4, -0.2) is 23.2 Å². The summed E-state index contributed by atoms with van der Waals surface area (Å²) in [5.74, 6) is 2.38. The third kappa shape index (κ3) is 24.7. The van der Waals surface area contributed by atoms with Crippen LogP contribution in [-0.2, 0) is 0 Å². The van der Waals surface area contributed by atoms with E-state index in [2.05, 4.69) is 6.92 Å². The van der Waals surface area contributed by atoms with Gasteiger partial charge in [-0.1, -0.05) is 138 Å². The van der Waals surface area contributed by atoms with Gasteiger partial charge in [0.05, 0.1) is 0 Å². The van der Waals surface area contributed by atoms with Crippen LogP contribution >= 0.6 is 21.6 Å². The van der Waals surface area contributed by atoms with Gasteiger partial charge in [0.1, 0.15) is 0 Å². The molecule has 158 valence electrons. The fourth-order valence-corrected chi connectivity index (χ4v) is 5.52. The van der Waals surface area contributed by atoms with Gasteiger partial charge in [0.25, 0.3) is 0 Å². The maximum absolute atomic E-state index is 8.71. The largest absolute Gasteiger partial charge is 0.396 e. The second-order valence-corrected chi connectivity index (χ2v) is 10.4. The van der Waals surface area contributed by atoms with Crippen LogP contribution in [0, 0.1) is 0 Å². The molecule has 0 aromatic rings. The lowest BCUT2D eigenvalue weighted by Crippen LogP contribution is -1.85. The molecular weight excluding hydrogens is 356 g/mol. The van der Waals surface area contributed by atoms with E-state index in [1.54, 1.807) is 0 Å². The van der Waals surface area contributed by atoms with E-state index in [0.717, 1.165) is 12.2 Å². The van der Waals surface area contributed by atoms with Gasteiger partial charge in [-0.2, -0.15) is 0 Å². The molecular formula is C23H48OS2. The lowest BCUT2D eigenvalue weighted by atomic mass is 10.0. The highest BCUT2D eigenvalue weighted by Crippen LogP contribution is 2.23. The van der Waals surface area contributed by atoms with Gasteiger partial charge in [-0.3, -0.25) is 0 Å². The van der Waals surface area contributed by atoms with Gasteiger partial charge in [-0.05, 0) is 12.8 Å². The minimum Gasteiger partial charge on any atom is -0.396 e. The SMILES string of the molecule is CCCCCCCCCCCCCCCCCCCCSSCCCO. The van der Waals surface area contributed by atoms with E-state index >= 15 is 0 Å². The van der Waals surface area contributed by atoms with Crippen LogP contribution in [0.25, 0.3) is 0 Å². The van der Waals surface area contributed by atoms with Gasteiger partial charge >= 0.3 is 0 Å². The molecule has 0 aliphatic carbocycles. The Bertz CT molecular complexity index is 212. The standard InChI is InChI=1S/C23H48OS2/c1-2-3-4-5-6-7-8-9-10-11-12-13-14-15-16-17-18-19-22-25-26-23-20-21-24/h24H,2-23H2,1H3. The Morgan fingerprint density at radius 2 is 0.731 bits per heavy atom. The Balaban J connectivity index is 2.95. The summed E-state index contributed by atoms with van der Waals surface area (Å²) >= 11 is 0. The molecule has 26 heavy (non-hydrogen) atoms. The summed E-state index contributed by atoms with van der Waals surface area (Å²) in [5.41, 5.74) is 0. The summed E-state index contributed by atoms with van der Waals surface area (Å²) in [6.45, 7) is 2.64. The smallest absolute Gasteiger partial charge is 0.0439 e. The summed E-state index contributed by atoms with van der Waals surface area (Å²) < 4.78 is 0. The molecule has 1 nitrogen and oxygen atoms in total. The lowest BCUT2D eigenvalue weighted by molar-refractivity contribution is 0.296. The summed E-state index contributed by atoms with van der Waals surface area (Å²) in [6.07, 6.45) is 27.0. The van der Waals surface area contributed by atoms with Gasteiger partial charge in [0, 0.05) is 18.1 Å². The molecule has 0 saturated heterocycles. The Labute approximate surface area is 173 Å². The van der Waals surface area contributed by atoms with Crippen LogP contribution in [0.1, 0.15) is 129 Å². The van der Waals surface area contributed by atoms with Crippen molar-refractivity contribution in [2.75, 3.05) is 18.1 Å². The molecule has 0 aliphatic heterocycles. The van der Waals surface area contributed by atoms with Crippen LogP contribution in [0.3, 0.4) is 0 Å². The van der Waals surface area contributed by atoms with E-state index in [1.807, 2.05) is 21.6 Å².